The Labute approximate surface area is 179 Å². The van der Waals surface area contributed by atoms with E-state index in [9.17, 15) is 4.79 Å². The Morgan fingerprint density at radius 3 is 2.55 bits per heavy atom. The predicted octanol–water partition coefficient (Wildman–Crippen LogP) is 3.10. The summed E-state index contributed by atoms with van der Waals surface area (Å²) in [5.41, 5.74) is 5.39. The number of tetrazole rings is 1. The summed E-state index contributed by atoms with van der Waals surface area (Å²) in [7, 11) is 1.55. The molecule has 0 aliphatic rings. The van der Waals surface area contributed by atoms with Gasteiger partial charge in [-0.2, -0.15) is 14.6 Å². The van der Waals surface area contributed by atoms with Gasteiger partial charge in [0.2, 0.25) is 5.88 Å². The van der Waals surface area contributed by atoms with E-state index in [0.29, 0.717) is 17.1 Å². The molecule has 2 heterocycles. The van der Waals surface area contributed by atoms with Crippen LogP contribution < -0.4 is 10.4 Å². The SMILES string of the molecule is Cc1cc(-c2cccc(C#N)c2)cnc1OCc1c(C)cccc1-n1nnn(C)c1=O. The van der Waals surface area contributed by atoms with Crippen molar-refractivity contribution in [2.24, 2.45) is 7.05 Å². The number of pyridine rings is 1. The highest BCUT2D eigenvalue weighted by molar-refractivity contribution is 5.65. The predicted molar refractivity (Wildman–Crippen MR) is 115 cm³/mol. The fourth-order valence-corrected chi connectivity index (χ4v) is 3.32. The van der Waals surface area contributed by atoms with Crippen molar-refractivity contribution in [2.75, 3.05) is 0 Å². The van der Waals surface area contributed by atoms with E-state index in [1.165, 1.54) is 9.36 Å². The molecular weight excluding hydrogens is 392 g/mol. The lowest BCUT2D eigenvalue weighted by Crippen LogP contribution is -2.23. The van der Waals surface area contributed by atoms with Crippen LogP contribution in [-0.4, -0.2) is 24.8 Å². The van der Waals surface area contributed by atoms with Gasteiger partial charge in [-0.05, 0) is 59.7 Å². The van der Waals surface area contributed by atoms with Crippen LogP contribution in [0.1, 0.15) is 22.3 Å². The zero-order valence-electron chi connectivity index (χ0n) is 17.4. The average Bonchev–Trinajstić information content (AvgIpc) is 3.11. The van der Waals surface area contributed by atoms with E-state index < -0.39 is 0 Å². The third kappa shape index (κ3) is 3.94. The molecule has 0 amide bonds. The second-order valence-corrected chi connectivity index (χ2v) is 7.20. The smallest absolute Gasteiger partial charge is 0.368 e. The monoisotopic (exact) mass is 412 g/mol. The van der Waals surface area contributed by atoms with Gasteiger partial charge in [0, 0.05) is 29.9 Å². The number of ether oxygens (including phenoxy) is 1. The molecule has 0 aliphatic heterocycles. The fourth-order valence-electron chi connectivity index (χ4n) is 3.32. The highest BCUT2D eigenvalue weighted by Crippen LogP contribution is 2.26. The Morgan fingerprint density at radius 2 is 1.84 bits per heavy atom. The lowest BCUT2D eigenvalue weighted by atomic mass is 10.0. The van der Waals surface area contributed by atoms with Crippen LogP contribution in [0, 0.1) is 25.2 Å². The largest absolute Gasteiger partial charge is 0.473 e. The molecule has 0 radical (unpaired) electrons. The first-order chi connectivity index (χ1) is 15.0. The molecule has 0 saturated heterocycles. The molecule has 0 aliphatic carbocycles. The number of nitriles is 1. The minimum atomic E-state index is -0.329. The number of rotatable bonds is 5. The fraction of sp³-hybridized carbons (Fsp3) is 0.174. The van der Waals surface area contributed by atoms with Crippen molar-refractivity contribution < 1.29 is 4.74 Å². The highest BCUT2D eigenvalue weighted by Gasteiger charge is 2.14. The molecule has 2 aromatic carbocycles. The third-order valence-electron chi connectivity index (χ3n) is 5.04. The lowest BCUT2D eigenvalue weighted by molar-refractivity contribution is 0.290. The van der Waals surface area contributed by atoms with E-state index in [0.717, 1.165) is 27.8 Å². The van der Waals surface area contributed by atoms with Crippen LogP contribution in [-0.2, 0) is 13.7 Å². The molecular formula is C23H20N6O2. The molecule has 0 unspecified atom stereocenters. The van der Waals surface area contributed by atoms with Crippen molar-refractivity contribution in [1.82, 2.24) is 24.8 Å². The molecule has 0 atom stereocenters. The second-order valence-electron chi connectivity index (χ2n) is 7.20. The lowest BCUT2D eigenvalue weighted by Gasteiger charge is -2.14. The molecule has 4 rings (SSSR count). The summed E-state index contributed by atoms with van der Waals surface area (Å²) in [4.78, 5) is 16.8. The van der Waals surface area contributed by atoms with Crippen molar-refractivity contribution in [2.45, 2.75) is 20.5 Å². The Morgan fingerprint density at radius 1 is 1.03 bits per heavy atom. The van der Waals surface area contributed by atoms with Crippen molar-refractivity contribution in [3.63, 3.8) is 0 Å². The number of aryl methyl sites for hydroxylation is 3. The number of hydrogen-bond donors (Lipinski definition) is 0. The van der Waals surface area contributed by atoms with Crippen molar-refractivity contribution in [3.8, 4) is 28.8 Å². The van der Waals surface area contributed by atoms with Crippen molar-refractivity contribution in [1.29, 1.82) is 5.26 Å². The summed E-state index contributed by atoms with van der Waals surface area (Å²) >= 11 is 0. The standard InChI is InChI=1S/C23H20N6O2/c1-15-6-4-9-21(29-23(30)28(3)26-27-29)20(15)14-31-22-16(2)10-19(13-25-22)18-8-5-7-17(11-18)12-24/h4-11,13H,14H2,1-3H3. The summed E-state index contributed by atoms with van der Waals surface area (Å²) in [6.07, 6.45) is 1.73. The summed E-state index contributed by atoms with van der Waals surface area (Å²) in [6, 6.07) is 17.1. The Balaban J connectivity index is 1.61. The molecule has 154 valence electrons. The summed E-state index contributed by atoms with van der Waals surface area (Å²) in [5, 5.41) is 16.8. The average molecular weight is 412 g/mol. The van der Waals surface area contributed by atoms with Crippen molar-refractivity contribution >= 4 is 0 Å². The van der Waals surface area contributed by atoms with E-state index in [1.807, 2.05) is 56.3 Å². The molecule has 0 fully saturated rings. The van der Waals surface area contributed by atoms with Crippen LogP contribution in [0.3, 0.4) is 0 Å². The first-order valence-electron chi connectivity index (χ1n) is 9.66. The maximum absolute atomic E-state index is 12.3. The van der Waals surface area contributed by atoms with Crippen LogP contribution in [0.15, 0.2) is 59.5 Å². The molecule has 31 heavy (non-hydrogen) atoms. The van der Waals surface area contributed by atoms with Gasteiger partial charge >= 0.3 is 5.69 Å². The zero-order valence-corrected chi connectivity index (χ0v) is 17.4. The molecule has 2 aromatic heterocycles. The molecule has 4 aromatic rings. The van der Waals surface area contributed by atoms with Crippen LogP contribution in [0.2, 0.25) is 0 Å². The molecule has 0 N–H and O–H groups in total. The van der Waals surface area contributed by atoms with E-state index in [1.54, 1.807) is 19.3 Å². The van der Waals surface area contributed by atoms with Gasteiger partial charge in [0.05, 0.1) is 17.3 Å². The van der Waals surface area contributed by atoms with Gasteiger partial charge in [0.25, 0.3) is 0 Å². The maximum Gasteiger partial charge on any atom is 0.368 e. The third-order valence-corrected chi connectivity index (χ3v) is 5.04. The van der Waals surface area contributed by atoms with Gasteiger partial charge in [-0.1, -0.05) is 24.3 Å². The first-order valence-corrected chi connectivity index (χ1v) is 9.66. The van der Waals surface area contributed by atoms with E-state index in [2.05, 4.69) is 21.5 Å². The van der Waals surface area contributed by atoms with Gasteiger partial charge in [0.15, 0.2) is 0 Å². The van der Waals surface area contributed by atoms with E-state index >= 15 is 0 Å². The van der Waals surface area contributed by atoms with Gasteiger partial charge in [-0.15, -0.1) is 0 Å². The van der Waals surface area contributed by atoms with Gasteiger partial charge in [-0.3, -0.25) is 0 Å². The summed E-state index contributed by atoms with van der Waals surface area (Å²) < 4.78 is 8.45. The molecule has 0 saturated carbocycles. The van der Waals surface area contributed by atoms with Gasteiger partial charge < -0.3 is 4.74 Å². The molecule has 8 heteroatoms. The quantitative estimate of drug-likeness (QED) is 0.499. The molecule has 8 nitrogen and oxygen atoms in total. The zero-order chi connectivity index (χ0) is 22.0. The van der Waals surface area contributed by atoms with E-state index in [-0.39, 0.29) is 12.3 Å². The van der Waals surface area contributed by atoms with Crippen molar-refractivity contribution in [3.05, 3.63) is 87.5 Å². The van der Waals surface area contributed by atoms with E-state index in [4.69, 9.17) is 10.00 Å². The number of benzene rings is 2. The number of hydrogen-bond acceptors (Lipinski definition) is 6. The minimum absolute atomic E-state index is 0.224. The first kappa shape index (κ1) is 20.0. The highest BCUT2D eigenvalue weighted by atomic mass is 16.5. The van der Waals surface area contributed by atoms with Crippen LogP contribution >= 0.6 is 0 Å². The van der Waals surface area contributed by atoms with Gasteiger partial charge in [-0.25, -0.2) is 9.78 Å². The van der Waals surface area contributed by atoms with Crippen LogP contribution in [0.25, 0.3) is 16.8 Å². The number of nitrogens with zero attached hydrogens (tertiary/aromatic N) is 6. The minimum Gasteiger partial charge on any atom is -0.473 e. The Bertz CT molecular complexity index is 1360. The molecule has 0 spiro atoms. The number of aromatic nitrogens is 5. The Hall–Kier alpha value is -4.25. The Kier molecular flexibility index (Phi) is 5.33. The molecule has 0 bridgehead atoms. The van der Waals surface area contributed by atoms with Gasteiger partial charge in [0.1, 0.15) is 6.61 Å². The topological polar surface area (TPSA) is 98.6 Å². The second kappa shape index (κ2) is 8.24. The summed E-state index contributed by atoms with van der Waals surface area (Å²) in [6.45, 7) is 4.10. The van der Waals surface area contributed by atoms with Crippen LogP contribution in [0.4, 0.5) is 0 Å². The summed E-state index contributed by atoms with van der Waals surface area (Å²) in [5.74, 6) is 0.501. The maximum atomic E-state index is 12.3. The van der Waals surface area contributed by atoms with Crippen LogP contribution in [0.5, 0.6) is 5.88 Å². The normalized spacial score (nSPS) is 10.6.